The van der Waals surface area contributed by atoms with Crippen molar-refractivity contribution < 1.29 is 18.3 Å². The number of fused-ring (bicyclic) bond motifs is 2. The molecule has 7 rings (SSSR count). The van der Waals surface area contributed by atoms with E-state index in [0.29, 0.717) is 24.6 Å². The van der Waals surface area contributed by atoms with Crippen molar-refractivity contribution in [2.75, 3.05) is 26.2 Å². The maximum atomic E-state index is 15.6. The molecule has 46 heavy (non-hydrogen) atoms. The number of ether oxygens (including phenoxy) is 1. The van der Waals surface area contributed by atoms with Crippen molar-refractivity contribution in [3.63, 3.8) is 0 Å². The molecule has 3 aromatic heterocycles. The lowest BCUT2D eigenvalue weighted by molar-refractivity contribution is -0.172. The minimum absolute atomic E-state index is 0.0699. The highest BCUT2D eigenvalue weighted by atomic mass is 19.1. The van der Waals surface area contributed by atoms with E-state index in [9.17, 15) is 4.79 Å². The van der Waals surface area contributed by atoms with Gasteiger partial charge in [0.05, 0.1) is 36.3 Å². The van der Waals surface area contributed by atoms with Gasteiger partial charge in [0.15, 0.2) is 0 Å². The van der Waals surface area contributed by atoms with Crippen LogP contribution in [0.1, 0.15) is 79.2 Å². The number of alkyl halides is 1. The average molecular weight is 627 g/mol. The zero-order valence-electron chi connectivity index (χ0n) is 26.4. The third kappa shape index (κ3) is 6.12. The Labute approximate surface area is 268 Å². The van der Waals surface area contributed by atoms with Gasteiger partial charge in [-0.05, 0) is 85.9 Å². The summed E-state index contributed by atoms with van der Waals surface area (Å²) in [5, 5.41) is 11.5. The highest BCUT2D eigenvalue weighted by Gasteiger charge is 2.41. The Morgan fingerprint density at radius 2 is 1.89 bits per heavy atom. The Morgan fingerprint density at radius 1 is 1.07 bits per heavy atom. The molecule has 2 fully saturated rings. The van der Waals surface area contributed by atoms with Crippen molar-refractivity contribution in [3.05, 3.63) is 83.2 Å². The molecular formula is C36H40F2N6O2. The summed E-state index contributed by atoms with van der Waals surface area (Å²) in [7, 11) is 0. The van der Waals surface area contributed by atoms with Crippen molar-refractivity contribution >= 4 is 16.8 Å². The van der Waals surface area contributed by atoms with E-state index in [0.717, 1.165) is 73.6 Å². The first-order valence-electron chi connectivity index (χ1n) is 16.4. The van der Waals surface area contributed by atoms with Crippen LogP contribution in [0.5, 0.6) is 0 Å². The number of carbonyl (C=O) groups is 1. The van der Waals surface area contributed by atoms with Gasteiger partial charge in [0.25, 0.3) is 5.91 Å². The number of amides is 1. The van der Waals surface area contributed by atoms with Gasteiger partial charge < -0.3 is 15.0 Å². The molecular weight excluding hydrogens is 586 g/mol. The number of likely N-dealkylation sites (tertiary alicyclic amines) is 1. The lowest BCUT2D eigenvalue weighted by atomic mass is 9.77. The average Bonchev–Trinajstić information content (AvgIpc) is 3.05. The van der Waals surface area contributed by atoms with Crippen LogP contribution in [-0.2, 0) is 17.6 Å². The second-order valence-corrected chi connectivity index (χ2v) is 13.5. The molecule has 2 atom stereocenters. The van der Waals surface area contributed by atoms with Crippen LogP contribution in [0.2, 0.25) is 0 Å². The van der Waals surface area contributed by atoms with Crippen LogP contribution in [0.25, 0.3) is 22.2 Å². The Morgan fingerprint density at radius 3 is 2.57 bits per heavy atom. The molecule has 5 heterocycles. The predicted molar refractivity (Wildman–Crippen MR) is 171 cm³/mol. The number of carbonyl (C=O) groups excluding carboxylic acids is 1. The molecule has 2 aliphatic heterocycles. The number of hydrogen-bond acceptors (Lipinski definition) is 7. The third-order valence-electron chi connectivity index (χ3n) is 10.4. The van der Waals surface area contributed by atoms with Gasteiger partial charge in [-0.25, -0.2) is 13.8 Å². The maximum Gasteiger partial charge on any atom is 0.251 e. The molecule has 1 N–H and O–H groups in total. The van der Waals surface area contributed by atoms with Gasteiger partial charge in [-0.15, -0.1) is 0 Å². The summed E-state index contributed by atoms with van der Waals surface area (Å²) in [5.74, 6) is -1.07. The first-order chi connectivity index (χ1) is 22.2. The van der Waals surface area contributed by atoms with Crippen LogP contribution in [0.4, 0.5) is 8.78 Å². The number of hydrogen-bond donors (Lipinski definition) is 1. The summed E-state index contributed by atoms with van der Waals surface area (Å²) in [5.41, 5.74) is 3.17. The predicted octanol–water partition coefficient (Wildman–Crippen LogP) is 6.20. The molecule has 1 spiro atoms. The first-order valence-corrected chi connectivity index (χ1v) is 16.4. The van der Waals surface area contributed by atoms with Crippen LogP contribution in [0.15, 0.2) is 55.0 Å². The molecule has 0 bridgehead atoms. The number of rotatable bonds is 8. The van der Waals surface area contributed by atoms with E-state index in [1.54, 1.807) is 24.7 Å². The van der Waals surface area contributed by atoms with Crippen molar-refractivity contribution in [3.8, 4) is 11.3 Å². The van der Waals surface area contributed by atoms with E-state index in [-0.39, 0.29) is 41.0 Å². The number of aryl methyl sites for hydroxylation is 1. The number of piperidine rings is 1. The molecule has 1 aromatic carbocycles. The molecule has 4 aromatic rings. The van der Waals surface area contributed by atoms with Gasteiger partial charge in [0.1, 0.15) is 17.0 Å². The topological polar surface area (TPSA) is 93.1 Å². The fraction of sp³-hybridized carbons (Fsp3) is 0.472. The van der Waals surface area contributed by atoms with E-state index in [4.69, 9.17) is 4.74 Å². The fourth-order valence-corrected chi connectivity index (χ4v) is 7.12. The lowest BCUT2D eigenvalue weighted by Gasteiger charge is -2.47. The number of pyridine rings is 2. The van der Waals surface area contributed by atoms with E-state index in [1.807, 2.05) is 38.1 Å². The van der Waals surface area contributed by atoms with Crippen LogP contribution >= 0.6 is 0 Å². The Kier molecular flexibility index (Phi) is 8.27. The van der Waals surface area contributed by atoms with Crippen LogP contribution in [0, 0.1) is 11.7 Å². The molecule has 3 aliphatic rings. The molecule has 1 amide bonds. The second kappa shape index (κ2) is 12.4. The summed E-state index contributed by atoms with van der Waals surface area (Å²) >= 11 is 0. The summed E-state index contributed by atoms with van der Waals surface area (Å²) in [6.45, 7) is 7.34. The minimum Gasteiger partial charge on any atom is -0.375 e. The second-order valence-electron chi connectivity index (χ2n) is 13.5. The molecule has 8 nitrogen and oxygen atoms in total. The van der Waals surface area contributed by atoms with Crippen molar-refractivity contribution in [1.82, 2.24) is 30.4 Å². The normalized spacial score (nSPS) is 21.6. The van der Waals surface area contributed by atoms with Gasteiger partial charge in [0, 0.05) is 54.5 Å². The van der Waals surface area contributed by atoms with Crippen LogP contribution < -0.4 is 5.32 Å². The number of benzene rings is 1. The van der Waals surface area contributed by atoms with Crippen molar-refractivity contribution in [2.24, 2.45) is 5.92 Å². The van der Waals surface area contributed by atoms with E-state index < -0.39 is 11.5 Å². The molecule has 2 saturated heterocycles. The summed E-state index contributed by atoms with van der Waals surface area (Å²) in [6, 6.07) is 10.1. The van der Waals surface area contributed by atoms with Crippen LogP contribution in [-0.4, -0.2) is 68.5 Å². The van der Waals surface area contributed by atoms with Gasteiger partial charge >= 0.3 is 0 Å². The largest absolute Gasteiger partial charge is 0.375 e. The highest BCUT2D eigenvalue weighted by molar-refractivity contribution is 5.98. The monoisotopic (exact) mass is 626 g/mol. The smallest absolute Gasteiger partial charge is 0.251 e. The van der Waals surface area contributed by atoms with E-state index in [2.05, 4.69) is 30.4 Å². The molecule has 0 radical (unpaired) electrons. The molecule has 1 aliphatic carbocycles. The van der Waals surface area contributed by atoms with Gasteiger partial charge in [-0.3, -0.25) is 9.78 Å². The summed E-state index contributed by atoms with van der Waals surface area (Å²) < 4.78 is 36.9. The molecule has 10 heteroatoms. The standard InChI is InChI=1S/C36H40F2N6O2/c1-23(2)36(38)8-5-31-28(20-36)18-26-17-27(19-29(37)33(26)42-31)34(45)43-32(7-13-44-14-9-35(10-15-44)11-16-46-35)24-3-4-30(39-21-24)25-6-12-40-41-22-25/h3-4,6,12,17-19,21-23,32H,5,7-11,13-16,20H2,1-2H3,(H,43,45)/t32-,36+/m1/s1. The molecule has 0 unspecified atom stereocenters. The molecule has 0 saturated carbocycles. The maximum absolute atomic E-state index is 15.6. The van der Waals surface area contributed by atoms with Gasteiger partial charge in [-0.1, -0.05) is 19.9 Å². The van der Waals surface area contributed by atoms with Crippen LogP contribution in [0.3, 0.4) is 0 Å². The number of nitrogens with one attached hydrogen (secondary N) is 1. The minimum atomic E-state index is -1.32. The van der Waals surface area contributed by atoms with Crippen molar-refractivity contribution in [2.45, 2.75) is 76.1 Å². The third-order valence-corrected chi connectivity index (χ3v) is 10.4. The zero-order chi connectivity index (χ0) is 31.9. The highest BCUT2D eigenvalue weighted by Crippen LogP contribution is 2.39. The first kappa shape index (κ1) is 30.7. The quantitative estimate of drug-likeness (QED) is 0.249. The van der Waals surface area contributed by atoms with E-state index >= 15 is 8.78 Å². The van der Waals surface area contributed by atoms with Gasteiger partial charge in [0.2, 0.25) is 0 Å². The number of halogens is 2. The van der Waals surface area contributed by atoms with Gasteiger partial charge in [-0.2, -0.15) is 10.2 Å². The molecule has 240 valence electrons. The SMILES string of the molecule is CC(C)[C@]1(F)CCc2nc3c(F)cc(C(=O)N[C@H](CCN4CCC5(CCO5)CC4)c4ccc(-c5ccnnc5)nc4)cc3cc2C1. The summed E-state index contributed by atoms with van der Waals surface area (Å²) in [4.78, 5) is 25.4. The Balaban J connectivity index is 1.12. The number of nitrogens with zero attached hydrogens (tertiary/aromatic N) is 5. The Hall–Kier alpha value is -3.89. The van der Waals surface area contributed by atoms with Crippen molar-refractivity contribution in [1.29, 1.82) is 0 Å². The lowest BCUT2D eigenvalue weighted by Crippen LogP contribution is -2.52. The number of aromatic nitrogens is 4. The summed E-state index contributed by atoms with van der Waals surface area (Å²) in [6.07, 6.45) is 10.00. The fourth-order valence-electron chi connectivity index (χ4n) is 7.12. The zero-order valence-corrected chi connectivity index (χ0v) is 26.4. The Bertz CT molecular complexity index is 1720. The van der Waals surface area contributed by atoms with E-state index in [1.165, 1.54) is 6.07 Å².